The van der Waals surface area contributed by atoms with E-state index in [1.165, 1.54) is 0 Å². The van der Waals surface area contributed by atoms with Gasteiger partial charge in [-0.05, 0) is 43.9 Å². The summed E-state index contributed by atoms with van der Waals surface area (Å²) >= 11 is 0. The van der Waals surface area contributed by atoms with Gasteiger partial charge >= 0.3 is 0 Å². The third kappa shape index (κ3) is 1.86. The van der Waals surface area contributed by atoms with Gasteiger partial charge in [0.05, 0.1) is 10.8 Å². The second kappa shape index (κ2) is 4.93. The predicted octanol–water partition coefficient (Wildman–Crippen LogP) is 3.81. The molecule has 0 saturated heterocycles. The van der Waals surface area contributed by atoms with Gasteiger partial charge in [0.25, 0.3) is 0 Å². The first-order valence-electron chi connectivity index (χ1n) is 9.06. The van der Waals surface area contributed by atoms with Gasteiger partial charge in [-0.2, -0.15) is 0 Å². The topological polar surface area (TPSA) is 71.4 Å². The lowest BCUT2D eigenvalue weighted by Crippen LogP contribution is -2.49. The van der Waals surface area contributed by atoms with Gasteiger partial charge in [-0.1, -0.05) is 39.8 Å². The van der Waals surface area contributed by atoms with E-state index in [2.05, 4.69) is 20.4 Å². The predicted molar refractivity (Wildman–Crippen MR) is 94.9 cm³/mol. The van der Waals surface area contributed by atoms with Crippen LogP contribution in [0.15, 0.2) is 23.5 Å². The van der Waals surface area contributed by atoms with Gasteiger partial charge in [0, 0.05) is 5.92 Å². The molecule has 4 heteroatoms. The second-order valence-electron chi connectivity index (χ2n) is 9.39. The minimum absolute atomic E-state index is 0.0468. The van der Waals surface area contributed by atoms with E-state index in [1.807, 2.05) is 6.92 Å². The number of carbonyl (C=O) groups is 3. The SMILES string of the molecule is C=C(C)C1CC23C(=O)C(C(=O)C(C)C)=C(O)C(C)(CC2C1(C)C)C3=O. The van der Waals surface area contributed by atoms with Crippen molar-refractivity contribution in [2.24, 2.45) is 34.0 Å². The molecule has 136 valence electrons. The summed E-state index contributed by atoms with van der Waals surface area (Å²) in [5.74, 6) is -1.87. The average Bonchev–Trinajstić information content (AvgIpc) is 2.85. The van der Waals surface area contributed by atoms with Crippen molar-refractivity contribution >= 4 is 17.3 Å². The number of allylic oxidation sites excluding steroid dienone is 3. The summed E-state index contributed by atoms with van der Waals surface area (Å²) in [5, 5.41) is 10.8. The Labute approximate surface area is 149 Å². The largest absolute Gasteiger partial charge is 0.510 e. The standard InChI is InChI=1S/C21H28O4/c1-10(2)12-8-21-13(19(12,5)6)9-20(7,18(21)25)16(23)14(17(21)24)15(22)11(3)4/h11-13,23H,1,8-9H2,2-7H3. The van der Waals surface area contributed by atoms with Crippen molar-refractivity contribution in [3.63, 3.8) is 0 Å². The van der Waals surface area contributed by atoms with Crippen LogP contribution in [0, 0.1) is 34.0 Å². The van der Waals surface area contributed by atoms with Gasteiger partial charge in [-0.3, -0.25) is 14.4 Å². The molecule has 4 unspecified atom stereocenters. The zero-order valence-corrected chi connectivity index (χ0v) is 16.0. The maximum atomic E-state index is 13.5. The van der Waals surface area contributed by atoms with Crippen LogP contribution in [0.25, 0.3) is 0 Å². The lowest BCUT2D eigenvalue weighted by molar-refractivity contribution is -0.144. The third-order valence-corrected chi connectivity index (χ3v) is 7.19. The van der Waals surface area contributed by atoms with E-state index in [9.17, 15) is 19.5 Å². The van der Waals surface area contributed by atoms with Crippen LogP contribution in [0.5, 0.6) is 0 Å². The summed E-state index contributed by atoms with van der Waals surface area (Å²) < 4.78 is 0. The Balaban J connectivity index is 2.26. The molecular formula is C21H28O4. The molecule has 2 bridgehead atoms. The number of aliphatic hydroxyl groups is 1. The molecular weight excluding hydrogens is 316 g/mol. The Morgan fingerprint density at radius 3 is 2.24 bits per heavy atom. The number of hydrogen-bond donors (Lipinski definition) is 1. The van der Waals surface area contributed by atoms with E-state index >= 15 is 0 Å². The number of Topliss-reactive ketones (excluding diaryl/α,β-unsaturated/α-hetero) is 3. The molecule has 0 radical (unpaired) electrons. The lowest BCUT2D eigenvalue weighted by Gasteiger charge is -2.35. The van der Waals surface area contributed by atoms with Crippen LogP contribution < -0.4 is 0 Å². The highest BCUT2D eigenvalue weighted by Gasteiger charge is 2.76. The van der Waals surface area contributed by atoms with Crippen molar-refractivity contribution in [2.45, 2.75) is 54.4 Å². The molecule has 3 rings (SSSR count). The highest BCUT2D eigenvalue weighted by Crippen LogP contribution is 2.71. The quantitative estimate of drug-likeness (QED) is 0.480. The van der Waals surface area contributed by atoms with Crippen molar-refractivity contribution in [1.82, 2.24) is 0 Å². The summed E-state index contributed by atoms with van der Waals surface area (Å²) in [4.78, 5) is 39.5. The van der Waals surface area contributed by atoms with Gasteiger partial charge in [-0.15, -0.1) is 0 Å². The van der Waals surface area contributed by atoms with Crippen LogP contribution >= 0.6 is 0 Å². The van der Waals surface area contributed by atoms with E-state index in [1.54, 1.807) is 20.8 Å². The fourth-order valence-electron chi connectivity index (χ4n) is 5.78. The highest BCUT2D eigenvalue weighted by atomic mass is 16.3. The van der Waals surface area contributed by atoms with E-state index < -0.39 is 22.5 Å². The fraction of sp³-hybridized carbons (Fsp3) is 0.667. The van der Waals surface area contributed by atoms with Crippen molar-refractivity contribution in [2.75, 3.05) is 0 Å². The van der Waals surface area contributed by atoms with Crippen LogP contribution in [-0.2, 0) is 14.4 Å². The van der Waals surface area contributed by atoms with Gasteiger partial charge in [0.2, 0.25) is 0 Å². The number of aliphatic hydroxyl groups excluding tert-OH is 1. The zero-order valence-electron chi connectivity index (χ0n) is 16.0. The Hall–Kier alpha value is -1.71. The average molecular weight is 344 g/mol. The molecule has 0 aromatic heterocycles. The van der Waals surface area contributed by atoms with Crippen LogP contribution in [0.2, 0.25) is 0 Å². The fourth-order valence-corrected chi connectivity index (χ4v) is 5.78. The van der Waals surface area contributed by atoms with E-state index in [4.69, 9.17) is 0 Å². The highest BCUT2D eigenvalue weighted by molar-refractivity contribution is 6.32. The van der Waals surface area contributed by atoms with Gasteiger partial charge in [-0.25, -0.2) is 0 Å². The van der Waals surface area contributed by atoms with Crippen LogP contribution in [0.1, 0.15) is 54.4 Å². The zero-order chi connectivity index (χ0) is 19.1. The number of hydrogen-bond acceptors (Lipinski definition) is 4. The molecule has 3 aliphatic carbocycles. The maximum absolute atomic E-state index is 13.5. The molecule has 0 heterocycles. The minimum atomic E-state index is -1.19. The Morgan fingerprint density at radius 1 is 1.20 bits per heavy atom. The third-order valence-electron chi connectivity index (χ3n) is 7.19. The molecule has 0 aliphatic heterocycles. The molecule has 3 aliphatic rings. The Morgan fingerprint density at radius 2 is 1.76 bits per heavy atom. The first kappa shape index (κ1) is 18.1. The lowest BCUT2D eigenvalue weighted by atomic mass is 9.64. The maximum Gasteiger partial charge on any atom is 0.183 e. The number of ketones is 3. The molecule has 25 heavy (non-hydrogen) atoms. The number of fused-ring (bicyclic) bond motifs is 1. The first-order chi connectivity index (χ1) is 11.3. The van der Waals surface area contributed by atoms with Crippen molar-refractivity contribution in [3.8, 4) is 0 Å². The summed E-state index contributed by atoms with van der Waals surface area (Å²) in [6.45, 7) is 15.3. The summed E-state index contributed by atoms with van der Waals surface area (Å²) in [6, 6.07) is 0. The van der Waals surface area contributed by atoms with Crippen molar-refractivity contribution in [3.05, 3.63) is 23.5 Å². The van der Waals surface area contributed by atoms with Crippen molar-refractivity contribution in [1.29, 1.82) is 0 Å². The van der Waals surface area contributed by atoms with Crippen LogP contribution in [0.3, 0.4) is 0 Å². The van der Waals surface area contributed by atoms with Gasteiger partial charge < -0.3 is 5.11 Å². The van der Waals surface area contributed by atoms with E-state index in [-0.39, 0.29) is 40.1 Å². The molecule has 1 spiro atoms. The van der Waals surface area contributed by atoms with Crippen LogP contribution in [-0.4, -0.2) is 22.5 Å². The Bertz CT molecular complexity index is 754. The van der Waals surface area contributed by atoms with Gasteiger partial charge in [0.1, 0.15) is 11.3 Å². The molecule has 4 atom stereocenters. The van der Waals surface area contributed by atoms with E-state index in [0.717, 1.165) is 5.57 Å². The first-order valence-corrected chi connectivity index (χ1v) is 9.06. The van der Waals surface area contributed by atoms with Crippen molar-refractivity contribution < 1.29 is 19.5 Å². The molecule has 0 aromatic carbocycles. The summed E-state index contributed by atoms with van der Waals surface area (Å²) in [5.41, 5.74) is -1.76. The molecule has 2 saturated carbocycles. The normalized spacial score (nSPS) is 39.2. The Kier molecular flexibility index (Phi) is 3.56. The molecule has 0 amide bonds. The molecule has 0 aromatic rings. The number of carbonyl (C=O) groups excluding carboxylic acids is 3. The van der Waals surface area contributed by atoms with Gasteiger partial charge in [0.15, 0.2) is 17.3 Å². The van der Waals surface area contributed by atoms with E-state index in [0.29, 0.717) is 12.8 Å². The summed E-state index contributed by atoms with van der Waals surface area (Å²) in [6.07, 6.45) is 0.810. The second-order valence-corrected chi connectivity index (χ2v) is 9.39. The summed E-state index contributed by atoms with van der Waals surface area (Å²) in [7, 11) is 0. The number of rotatable bonds is 3. The monoisotopic (exact) mass is 344 g/mol. The molecule has 4 nitrogen and oxygen atoms in total. The smallest absolute Gasteiger partial charge is 0.183 e. The molecule has 2 fully saturated rings. The minimum Gasteiger partial charge on any atom is -0.510 e. The molecule has 1 N–H and O–H groups in total. The van der Waals surface area contributed by atoms with Crippen LogP contribution in [0.4, 0.5) is 0 Å².